The first kappa shape index (κ1) is 15.3. The third-order valence-electron chi connectivity index (χ3n) is 2.99. The number of halogens is 1. The zero-order valence-electron chi connectivity index (χ0n) is 11.7. The maximum atomic E-state index is 12.0. The number of rotatable bonds is 3. The first-order chi connectivity index (χ1) is 9.99. The molecule has 2 aromatic carbocycles. The number of carbonyl (C=O) groups is 1. The summed E-state index contributed by atoms with van der Waals surface area (Å²) >= 11 is 3.32. The predicted octanol–water partition coefficient (Wildman–Crippen LogP) is 3.62. The molecule has 2 rings (SSSR count). The lowest BCUT2D eigenvalue weighted by Gasteiger charge is -2.07. The molecule has 5 heteroatoms. The lowest BCUT2D eigenvalue weighted by molar-refractivity contribution is 0.0954. The van der Waals surface area contributed by atoms with Gasteiger partial charge in [-0.05, 0) is 54.0 Å². The largest absolute Gasteiger partial charge is 0.507 e. The lowest BCUT2D eigenvalue weighted by atomic mass is 10.1. The Labute approximate surface area is 131 Å². The summed E-state index contributed by atoms with van der Waals surface area (Å²) in [6.07, 6.45) is 0. The van der Waals surface area contributed by atoms with Gasteiger partial charge in [0.2, 0.25) is 0 Å². The molecule has 0 aromatic heterocycles. The van der Waals surface area contributed by atoms with E-state index in [1.54, 1.807) is 31.2 Å². The van der Waals surface area contributed by atoms with Gasteiger partial charge in [0.25, 0.3) is 5.91 Å². The highest BCUT2D eigenvalue weighted by Gasteiger charge is 2.09. The SMILES string of the molecule is C/C(=N\NC(=O)c1ccccc1Br)c1cc(C)ccc1O. The summed E-state index contributed by atoms with van der Waals surface area (Å²) in [5.74, 6) is -0.175. The molecule has 0 aliphatic carbocycles. The van der Waals surface area contributed by atoms with E-state index in [9.17, 15) is 9.90 Å². The van der Waals surface area contributed by atoms with E-state index in [0.717, 1.165) is 5.56 Å². The molecular weight excluding hydrogens is 332 g/mol. The average Bonchev–Trinajstić information content (AvgIpc) is 2.47. The fourth-order valence-corrected chi connectivity index (χ4v) is 2.30. The topological polar surface area (TPSA) is 61.7 Å². The number of aromatic hydroxyl groups is 1. The number of aryl methyl sites for hydroxylation is 1. The number of phenols is 1. The number of hydrazone groups is 1. The molecule has 4 nitrogen and oxygen atoms in total. The van der Waals surface area contributed by atoms with Crippen LogP contribution in [0.25, 0.3) is 0 Å². The smallest absolute Gasteiger partial charge is 0.272 e. The van der Waals surface area contributed by atoms with Crippen LogP contribution in [0.4, 0.5) is 0 Å². The number of hydrogen-bond donors (Lipinski definition) is 2. The number of phenolic OH excluding ortho intramolecular Hbond substituents is 1. The standard InChI is InChI=1S/C16H15BrN2O2/c1-10-7-8-15(20)13(9-10)11(2)18-19-16(21)12-5-3-4-6-14(12)17/h3-9,20H,1-2H3,(H,19,21)/b18-11+. The Morgan fingerprint density at radius 3 is 2.62 bits per heavy atom. The Morgan fingerprint density at radius 1 is 1.19 bits per heavy atom. The van der Waals surface area contributed by atoms with Crippen LogP contribution in [0.3, 0.4) is 0 Å². The summed E-state index contributed by atoms with van der Waals surface area (Å²) in [6, 6.07) is 12.3. The number of nitrogens with zero attached hydrogens (tertiary/aromatic N) is 1. The van der Waals surface area contributed by atoms with Crippen molar-refractivity contribution in [2.75, 3.05) is 0 Å². The number of carbonyl (C=O) groups excluding carboxylic acids is 1. The predicted molar refractivity (Wildman–Crippen MR) is 86.7 cm³/mol. The minimum atomic E-state index is -0.311. The first-order valence-electron chi connectivity index (χ1n) is 6.38. The molecule has 1 amide bonds. The van der Waals surface area contributed by atoms with Crippen LogP contribution < -0.4 is 5.43 Å². The van der Waals surface area contributed by atoms with Gasteiger partial charge in [-0.15, -0.1) is 0 Å². The van der Waals surface area contributed by atoms with Crippen LogP contribution in [0.15, 0.2) is 52.0 Å². The molecule has 0 spiro atoms. The van der Waals surface area contributed by atoms with Gasteiger partial charge in [-0.2, -0.15) is 5.10 Å². The molecule has 0 aliphatic rings. The van der Waals surface area contributed by atoms with Crippen molar-refractivity contribution in [3.63, 3.8) is 0 Å². The second-order valence-corrected chi connectivity index (χ2v) is 5.49. The Kier molecular flexibility index (Phi) is 4.75. The van der Waals surface area contributed by atoms with Gasteiger partial charge in [0.1, 0.15) is 5.75 Å². The highest BCUT2D eigenvalue weighted by molar-refractivity contribution is 9.10. The van der Waals surface area contributed by atoms with Crippen LogP contribution in [-0.2, 0) is 0 Å². The fraction of sp³-hybridized carbons (Fsp3) is 0.125. The van der Waals surface area contributed by atoms with Crippen molar-refractivity contribution in [1.29, 1.82) is 0 Å². The Balaban J connectivity index is 2.19. The van der Waals surface area contributed by atoms with Gasteiger partial charge in [0.15, 0.2) is 0 Å². The molecule has 0 aliphatic heterocycles. The summed E-state index contributed by atoms with van der Waals surface area (Å²) < 4.78 is 0.703. The molecule has 21 heavy (non-hydrogen) atoms. The van der Waals surface area contributed by atoms with Crippen molar-refractivity contribution in [2.45, 2.75) is 13.8 Å². The highest BCUT2D eigenvalue weighted by Crippen LogP contribution is 2.19. The Hall–Kier alpha value is -2.14. The molecule has 0 bridgehead atoms. The first-order valence-corrected chi connectivity index (χ1v) is 7.17. The van der Waals surface area contributed by atoms with E-state index >= 15 is 0 Å². The highest BCUT2D eigenvalue weighted by atomic mass is 79.9. The van der Waals surface area contributed by atoms with Gasteiger partial charge in [0.05, 0.1) is 11.3 Å². The summed E-state index contributed by atoms with van der Waals surface area (Å²) in [4.78, 5) is 12.0. The number of hydrogen-bond acceptors (Lipinski definition) is 3. The number of amides is 1. The molecular formula is C16H15BrN2O2. The molecule has 0 fully saturated rings. The summed E-state index contributed by atoms with van der Waals surface area (Å²) in [5, 5.41) is 13.9. The van der Waals surface area contributed by atoms with E-state index < -0.39 is 0 Å². The van der Waals surface area contributed by atoms with Crippen LogP contribution in [0, 0.1) is 6.92 Å². The molecule has 0 unspecified atom stereocenters. The van der Waals surface area contributed by atoms with Crippen LogP contribution in [0.1, 0.15) is 28.4 Å². The Morgan fingerprint density at radius 2 is 1.90 bits per heavy atom. The van der Waals surface area contributed by atoms with Gasteiger partial charge in [-0.25, -0.2) is 5.43 Å². The van der Waals surface area contributed by atoms with Crippen molar-refractivity contribution in [3.05, 3.63) is 63.6 Å². The van der Waals surface area contributed by atoms with Crippen LogP contribution >= 0.6 is 15.9 Å². The van der Waals surface area contributed by atoms with E-state index in [-0.39, 0.29) is 11.7 Å². The molecule has 0 atom stereocenters. The lowest BCUT2D eigenvalue weighted by Crippen LogP contribution is -2.19. The quantitative estimate of drug-likeness (QED) is 0.658. The van der Waals surface area contributed by atoms with Crippen molar-refractivity contribution in [1.82, 2.24) is 5.43 Å². The van der Waals surface area contributed by atoms with E-state index in [4.69, 9.17) is 0 Å². The zero-order chi connectivity index (χ0) is 15.4. The average molecular weight is 347 g/mol. The maximum absolute atomic E-state index is 12.0. The summed E-state index contributed by atoms with van der Waals surface area (Å²) in [7, 11) is 0. The molecule has 0 saturated carbocycles. The van der Waals surface area contributed by atoms with Gasteiger partial charge in [-0.3, -0.25) is 4.79 Å². The molecule has 0 heterocycles. The number of benzene rings is 2. The van der Waals surface area contributed by atoms with E-state index in [1.807, 2.05) is 25.1 Å². The van der Waals surface area contributed by atoms with Crippen molar-refractivity contribution in [3.8, 4) is 5.75 Å². The summed E-state index contributed by atoms with van der Waals surface area (Å²) in [6.45, 7) is 3.66. The van der Waals surface area contributed by atoms with Crippen LogP contribution in [0.2, 0.25) is 0 Å². The zero-order valence-corrected chi connectivity index (χ0v) is 13.3. The van der Waals surface area contributed by atoms with Crippen LogP contribution in [-0.4, -0.2) is 16.7 Å². The molecule has 2 aromatic rings. The van der Waals surface area contributed by atoms with E-state index in [1.165, 1.54) is 0 Å². The molecule has 108 valence electrons. The summed E-state index contributed by atoms with van der Waals surface area (Å²) in [5.41, 5.74) is 5.14. The van der Waals surface area contributed by atoms with E-state index in [2.05, 4.69) is 26.5 Å². The Bertz CT molecular complexity index is 711. The van der Waals surface area contributed by atoms with Crippen molar-refractivity contribution < 1.29 is 9.90 Å². The van der Waals surface area contributed by atoms with Gasteiger partial charge in [-0.1, -0.05) is 23.8 Å². The van der Waals surface area contributed by atoms with Gasteiger partial charge < -0.3 is 5.11 Å². The van der Waals surface area contributed by atoms with Crippen molar-refractivity contribution >= 4 is 27.5 Å². The minimum Gasteiger partial charge on any atom is -0.507 e. The molecule has 2 N–H and O–H groups in total. The second kappa shape index (κ2) is 6.54. The number of nitrogens with one attached hydrogen (secondary N) is 1. The third-order valence-corrected chi connectivity index (χ3v) is 3.68. The fourth-order valence-electron chi connectivity index (χ4n) is 1.84. The monoisotopic (exact) mass is 346 g/mol. The van der Waals surface area contributed by atoms with Gasteiger partial charge in [0, 0.05) is 10.0 Å². The second-order valence-electron chi connectivity index (χ2n) is 4.64. The third kappa shape index (κ3) is 3.70. The van der Waals surface area contributed by atoms with Gasteiger partial charge >= 0.3 is 0 Å². The van der Waals surface area contributed by atoms with Crippen molar-refractivity contribution in [2.24, 2.45) is 5.10 Å². The maximum Gasteiger partial charge on any atom is 0.272 e. The molecule has 0 radical (unpaired) electrons. The van der Waals surface area contributed by atoms with Crippen LogP contribution in [0.5, 0.6) is 5.75 Å². The normalized spacial score (nSPS) is 11.3. The minimum absolute atomic E-state index is 0.136. The van der Waals surface area contributed by atoms with E-state index in [0.29, 0.717) is 21.3 Å². The molecule has 0 saturated heterocycles.